The number of fused-ring (bicyclic) bond motifs is 1. The molecule has 0 fully saturated rings. The van der Waals surface area contributed by atoms with Crippen LogP contribution in [0.15, 0.2) is 40.9 Å². The van der Waals surface area contributed by atoms with Gasteiger partial charge in [-0.15, -0.1) is 11.6 Å². The molecule has 0 spiro atoms. The Kier molecular flexibility index (Phi) is 3.71. The van der Waals surface area contributed by atoms with Crippen LogP contribution in [0.25, 0.3) is 16.7 Å². The van der Waals surface area contributed by atoms with E-state index in [4.69, 9.17) is 23.2 Å². The summed E-state index contributed by atoms with van der Waals surface area (Å²) in [6, 6.07) is 10.2. The number of imidazole rings is 1. The lowest BCUT2D eigenvalue weighted by atomic mass is 10.2. The van der Waals surface area contributed by atoms with Gasteiger partial charge in [0.2, 0.25) is 0 Å². The van der Waals surface area contributed by atoms with Crippen molar-refractivity contribution in [2.24, 2.45) is 0 Å². The molecule has 1 aromatic heterocycles. The van der Waals surface area contributed by atoms with Gasteiger partial charge in [0.05, 0.1) is 26.4 Å². The summed E-state index contributed by atoms with van der Waals surface area (Å²) in [6.07, 6.45) is 0. The Morgan fingerprint density at radius 2 is 2.05 bits per heavy atom. The number of hydrogen-bond acceptors (Lipinski definition) is 1. The second-order valence-corrected chi connectivity index (χ2v) is 5.73. The SMILES string of the molecule is Fc1ccc(-n2c(CCl)nc3cccc(Cl)c32)cc1Br. The fraction of sp³-hybridized carbons (Fsp3) is 0.0714. The van der Waals surface area contributed by atoms with E-state index in [0.29, 0.717) is 15.3 Å². The molecule has 0 bridgehead atoms. The lowest BCUT2D eigenvalue weighted by Crippen LogP contribution is -2.00. The zero-order valence-corrected chi connectivity index (χ0v) is 13.2. The maximum Gasteiger partial charge on any atom is 0.137 e. The van der Waals surface area contributed by atoms with Gasteiger partial charge >= 0.3 is 0 Å². The Labute approximate surface area is 133 Å². The number of halogens is 4. The first-order valence-corrected chi connectivity index (χ1v) is 7.49. The van der Waals surface area contributed by atoms with Gasteiger partial charge in [0.1, 0.15) is 11.6 Å². The summed E-state index contributed by atoms with van der Waals surface area (Å²) in [6.45, 7) is 0. The number of nitrogens with zero attached hydrogens (tertiary/aromatic N) is 2. The third-order valence-corrected chi connectivity index (χ3v) is 4.13. The van der Waals surface area contributed by atoms with Crippen molar-refractivity contribution < 1.29 is 4.39 Å². The molecule has 20 heavy (non-hydrogen) atoms. The molecule has 6 heteroatoms. The number of para-hydroxylation sites is 1. The van der Waals surface area contributed by atoms with Crippen LogP contribution in [0.3, 0.4) is 0 Å². The highest BCUT2D eigenvalue weighted by atomic mass is 79.9. The van der Waals surface area contributed by atoms with Crippen LogP contribution in [0, 0.1) is 5.82 Å². The quantitative estimate of drug-likeness (QED) is 0.556. The van der Waals surface area contributed by atoms with Crippen molar-refractivity contribution in [3.8, 4) is 5.69 Å². The Hall–Kier alpha value is -1.10. The fourth-order valence-electron chi connectivity index (χ4n) is 2.13. The third-order valence-electron chi connectivity index (χ3n) is 2.98. The van der Waals surface area contributed by atoms with Gasteiger partial charge in [-0.1, -0.05) is 17.7 Å². The molecule has 0 atom stereocenters. The minimum absolute atomic E-state index is 0.236. The average Bonchev–Trinajstić information content (AvgIpc) is 2.82. The smallest absolute Gasteiger partial charge is 0.137 e. The van der Waals surface area contributed by atoms with Gasteiger partial charge in [-0.05, 0) is 46.3 Å². The van der Waals surface area contributed by atoms with Crippen LogP contribution >= 0.6 is 39.1 Å². The van der Waals surface area contributed by atoms with Gasteiger partial charge in [-0.25, -0.2) is 9.37 Å². The molecular weight excluding hydrogens is 366 g/mol. The van der Waals surface area contributed by atoms with Crippen LogP contribution in [-0.2, 0) is 5.88 Å². The van der Waals surface area contributed by atoms with E-state index in [2.05, 4.69) is 20.9 Å². The number of alkyl halides is 1. The monoisotopic (exact) mass is 372 g/mol. The van der Waals surface area contributed by atoms with Gasteiger partial charge < -0.3 is 0 Å². The van der Waals surface area contributed by atoms with E-state index < -0.39 is 0 Å². The molecule has 1 heterocycles. The molecule has 0 N–H and O–H groups in total. The predicted octanol–water partition coefficient (Wildman–Crippen LogP) is 5.32. The highest BCUT2D eigenvalue weighted by Crippen LogP contribution is 2.30. The highest BCUT2D eigenvalue weighted by Gasteiger charge is 2.15. The van der Waals surface area contributed by atoms with E-state index in [1.54, 1.807) is 18.2 Å². The molecule has 0 aliphatic carbocycles. The van der Waals surface area contributed by atoms with Crippen molar-refractivity contribution in [1.82, 2.24) is 9.55 Å². The number of rotatable bonds is 2. The minimum Gasteiger partial charge on any atom is -0.294 e. The van der Waals surface area contributed by atoms with Gasteiger partial charge in [0, 0.05) is 5.69 Å². The molecule has 102 valence electrons. The van der Waals surface area contributed by atoms with Crippen LogP contribution in [0.4, 0.5) is 4.39 Å². The summed E-state index contributed by atoms with van der Waals surface area (Å²) in [5.41, 5.74) is 2.28. The zero-order valence-electron chi connectivity index (χ0n) is 10.1. The second kappa shape index (κ2) is 5.35. The van der Waals surface area contributed by atoms with Crippen LogP contribution in [-0.4, -0.2) is 9.55 Å². The first-order chi connectivity index (χ1) is 9.61. The molecule has 3 aromatic rings. The third kappa shape index (κ3) is 2.22. The average molecular weight is 374 g/mol. The van der Waals surface area contributed by atoms with Crippen molar-refractivity contribution in [2.75, 3.05) is 0 Å². The molecule has 0 amide bonds. The highest BCUT2D eigenvalue weighted by molar-refractivity contribution is 9.10. The molecule has 0 aliphatic rings. The molecule has 2 aromatic carbocycles. The van der Waals surface area contributed by atoms with E-state index >= 15 is 0 Å². The zero-order chi connectivity index (χ0) is 14.3. The van der Waals surface area contributed by atoms with Crippen molar-refractivity contribution >= 4 is 50.2 Å². The summed E-state index contributed by atoms with van der Waals surface area (Å²) >= 11 is 15.4. The maximum absolute atomic E-state index is 13.4. The van der Waals surface area contributed by atoms with Crippen LogP contribution in [0.2, 0.25) is 5.02 Å². The standard InChI is InChI=1S/C14H8BrCl2FN2/c15-9-6-8(4-5-11(9)18)20-13(7-16)19-12-3-1-2-10(17)14(12)20/h1-6H,7H2. The van der Waals surface area contributed by atoms with Crippen molar-refractivity contribution in [3.63, 3.8) is 0 Å². The lowest BCUT2D eigenvalue weighted by molar-refractivity contribution is 0.620. The first kappa shape index (κ1) is 13.9. The molecule has 0 saturated heterocycles. The number of benzene rings is 2. The first-order valence-electron chi connectivity index (χ1n) is 5.79. The summed E-state index contributed by atoms with van der Waals surface area (Å²) < 4.78 is 15.6. The van der Waals surface area contributed by atoms with Crippen molar-refractivity contribution in [1.29, 1.82) is 0 Å². The van der Waals surface area contributed by atoms with E-state index in [-0.39, 0.29) is 11.7 Å². The largest absolute Gasteiger partial charge is 0.294 e. The summed E-state index contributed by atoms with van der Waals surface area (Å²) in [5, 5.41) is 0.576. The normalized spacial score (nSPS) is 11.2. The van der Waals surface area contributed by atoms with Gasteiger partial charge in [-0.2, -0.15) is 0 Å². The molecule has 0 saturated carbocycles. The van der Waals surface area contributed by atoms with Gasteiger partial charge in [-0.3, -0.25) is 4.57 Å². The van der Waals surface area contributed by atoms with Crippen LogP contribution in [0.1, 0.15) is 5.82 Å². The lowest BCUT2D eigenvalue weighted by Gasteiger charge is -2.09. The van der Waals surface area contributed by atoms with Crippen LogP contribution in [0.5, 0.6) is 0 Å². The summed E-state index contributed by atoms with van der Waals surface area (Å²) in [5.74, 6) is 0.574. The van der Waals surface area contributed by atoms with E-state index in [1.165, 1.54) is 6.07 Å². The molecule has 0 aliphatic heterocycles. The Morgan fingerprint density at radius 3 is 2.75 bits per heavy atom. The van der Waals surface area contributed by atoms with Crippen LogP contribution < -0.4 is 0 Å². The van der Waals surface area contributed by atoms with Gasteiger partial charge in [0.25, 0.3) is 0 Å². The Bertz CT molecular complexity index is 801. The topological polar surface area (TPSA) is 17.8 Å². The van der Waals surface area contributed by atoms with Crippen molar-refractivity contribution in [3.05, 3.63) is 57.5 Å². The second-order valence-electron chi connectivity index (χ2n) is 4.20. The maximum atomic E-state index is 13.4. The fourth-order valence-corrected chi connectivity index (χ4v) is 2.93. The predicted molar refractivity (Wildman–Crippen MR) is 83.3 cm³/mol. The Morgan fingerprint density at radius 1 is 1.25 bits per heavy atom. The minimum atomic E-state index is -0.323. The molecule has 0 radical (unpaired) electrons. The van der Waals surface area contributed by atoms with E-state index in [0.717, 1.165) is 16.7 Å². The summed E-state index contributed by atoms with van der Waals surface area (Å²) in [7, 11) is 0. The molecule has 0 unspecified atom stereocenters. The van der Waals surface area contributed by atoms with E-state index in [9.17, 15) is 4.39 Å². The summed E-state index contributed by atoms with van der Waals surface area (Å²) in [4.78, 5) is 4.46. The number of aromatic nitrogens is 2. The van der Waals surface area contributed by atoms with Gasteiger partial charge in [0.15, 0.2) is 0 Å². The van der Waals surface area contributed by atoms with Crippen molar-refractivity contribution in [2.45, 2.75) is 5.88 Å². The Balaban J connectivity index is 2.36. The number of hydrogen-bond donors (Lipinski definition) is 0. The molecule has 2 nitrogen and oxygen atoms in total. The van der Waals surface area contributed by atoms with E-state index in [1.807, 2.05) is 16.7 Å². The molecule has 3 rings (SSSR count). The molecular formula is C14H8BrCl2FN2.